The molecule has 276 valence electrons. The predicted molar refractivity (Wildman–Crippen MR) is 177 cm³/mol. The van der Waals surface area contributed by atoms with Crippen molar-refractivity contribution in [3.63, 3.8) is 0 Å². The molecule has 2 heterocycles. The van der Waals surface area contributed by atoms with Gasteiger partial charge in [-0.1, -0.05) is 18.2 Å². The highest BCUT2D eigenvalue weighted by Gasteiger charge is 2.54. The van der Waals surface area contributed by atoms with E-state index in [0.717, 1.165) is 31.9 Å². The Balaban J connectivity index is 1.79. The highest BCUT2D eigenvalue weighted by molar-refractivity contribution is 7.85. The molecule has 2 aromatic rings. The van der Waals surface area contributed by atoms with E-state index in [4.69, 9.17) is 27.9 Å². The number of amides is 2. The van der Waals surface area contributed by atoms with Crippen molar-refractivity contribution in [3.05, 3.63) is 64.8 Å². The smallest absolute Gasteiger partial charge is 0.340 e. The zero-order valence-corrected chi connectivity index (χ0v) is 29.7. The van der Waals surface area contributed by atoms with E-state index in [0.29, 0.717) is 16.5 Å². The van der Waals surface area contributed by atoms with E-state index in [9.17, 15) is 37.5 Å². The molecule has 0 aromatic heterocycles. The molecule has 2 aliphatic heterocycles. The number of carbonyl (C=O) groups is 5. The number of hydrogen-bond donors (Lipinski definition) is 4. The van der Waals surface area contributed by atoms with Gasteiger partial charge in [-0.3, -0.25) is 23.4 Å². The maximum atomic E-state index is 14.2. The Bertz CT molecular complexity index is 1920. The molecule has 2 saturated heterocycles. The first-order valence-electron chi connectivity index (χ1n) is 15.4. The third-order valence-electron chi connectivity index (χ3n) is 8.05. The Labute approximate surface area is 293 Å². The maximum Gasteiger partial charge on any atom is 0.340 e. The molecule has 2 fully saturated rings. The summed E-state index contributed by atoms with van der Waals surface area (Å²) >= 11 is 0. The highest BCUT2D eigenvalue weighted by atomic mass is 32.2. The van der Waals surface area contributed by atoms with Gasteiger partial charge in [0, 0.05) is 13.8 Å². The molecule has 0 radical (unpaired) electrons. The summed E-state index contributed by atoms with van der Waals surface area (Å²) in [4.78, 5) is 66.2. The van der Waals surface area contributed by atoms with Crippen LogP contribution in [-0.4, -0.2) is 107 Å². The van der Waals surface area contributed by atoms with Gasteiger partial charge < -0.3 is 44.7 Å². The van der Waals surface area contributed by atoms with Crippen LogP contribution >= 0.6 is 0 Å². The van der Waals surface area contributed by atoms with E-state index in [1.807, 2.05) is 13.0 Å². The van der Waals surface area contributed by atoms with Crippen molar-refractivity contribution < 1.29 is 65.4 Å². The molecule has 4 N–H and O–H groups in total. The molecule has 2 aromatic carbocycles. The number of epoxide rings is 1. The summed E-state index contributed by atoms with van der Waals surface area (Å²) in [5, 5.41) is 19.6. The number of hydrogen-bond acceptors (Lipinski definition) is 15. The molecule has 2 aliphatic rings. The number of Topliss-reactive ketones (excluding diaryl/α,β-unsaturated/α-hetero) is 1. The lowest BCUT2D eigenvalue weighted by atomic mass is 9.98. The number of nitrogens with one attached hydrogen (secondary N) is 3. The van der Waals surface area contributed by atoms with Gasteiger partial charge in [-0.15, -0.1) is 0 Å². The van der Waals surface area contributed by atoms with E-state index >= 15 is 0 Å². The number of ether oxygens (including phenoxy) is 5. The first kappa shape index (κ1) is 38.8. The second-order valence-electron chi connectivity index (χ2n) is 11.9. The van der Waals surface area contributed by atoms with Gasteiger partial charge in [-0.05, 0) is 42.3 Å². The van der Waals surface area contributed by atoms with Crippen molar-refractivity contribution in [1.82, 2.24) is 16.0 Å². The zero-order valence-electron chi connectivity index (χ0n) is 28.9. The summed E-state index contributed by atoms with van der Waals surface area (Å²) in [7, 11) is -1.36. The molecule has 0 unspecified atom stereocenters. The predicted octanol–water partition coefficient (Wildman–Crippen LogP) is 0.233. The number of carbonyl (C=O) groups excluding carboxylic acids is 5. The average molecular weight is 734 g/mol. The van der Waals surface area contributed by atoms with Crippen molar-refractivity contribution in [2.24, 2.45) is 0 Å². The molecule has 0 bridgehead atoms. The quantitative estimate of drug-likeness (QED) is 0.0669. The summed E-state index contributed by atoms with van der Waals surface area (Å²) < 4.78 is 55.0. The number of aryl methyl sites for hydroxylation is 1. The number of rotatable bonds is 14. The van der Waals surface area contributed by atoms with E-state index in [-0.39, 0.29) is 17.9 Å². The van der Waals surface area contributed by atoms with Crippen molar-refractivity contribution in [2.45, 2.75) is 57.6 Å². The molecule has 0 saturated carbocycles. The fourth-order valence-electron chi connectivity index (χ4n) is 5.26. The van der Waals surface area contributed by atoms with Gasteiger partial charge in [0.2, 0.25) is 5.60 Å². The fourth-order valence-corrected chi connectivity index (χ4v) is 5.66. The Kier molecular flexibility index (Phi) is 11.8. The highest BCUT2D eigenvalue weighted by Crippen LogP contribution is 2.34. The van der Waals surface area contributed by atoms with Gasteiger partial charge in [-0.25, -0.2) is 4.79 Å². The number of benzene rings is 2. The number of aliphatic hydroxyl groups is 1. The Morgan fingerprint density at radius 1 is 1.10 bits per heavy atom. The van der Waals surface area contributed by atoms with E-state index in [2.05, 4.69) is 16.0 Å². The van der Waals surface area contributed by atoms with Crippen LogP contribution in [0.5, 0.6) is 5.75 Å². The molecular weight excluding hydrogens is 694 g/mol. The van der Waals surface area contributed by atoms with Crippen LogP contribution in [0.1, 0.15) is 36.7 Å². The summed E-state index contributed by atoms with van der Waals surface area (Å²) in [6.07, 6.45) is -2.65. The molecule has 17 nitrogen and oxygen atoms in total. The first-order chi connectivity index (χ1) is 23.9. The van der Waals surface area contributed by atoms with Crippen LogP contribution in [0.15, 0.2) is 53.7 Å². The van der Waals surface area contributed by atoms with Gasteiger partial charge in [0.1, 0.15) is 35.6 Å². The standard InChI is InChI=1S/C33H39N3O14S/c1-16-9-8-10-20-21(16)11-19(46-6)12-22(20)31(41)50-33(4,25-15-47-25)32(42)36-27(30(40)35-23(13-45-5)17(2)37)26-29(49-18(3)38)28(39)24(34-26)14-48-51(7,43)44/h8-13,24-25,28-29,34,39H,14-15H2,1-7H3,(H,35,40)(H,36,42)/b23-13-,27-26+/t24-,25-,28+,29+,33-/m0/s1. The molecule has 0 spiro atoms. The number of allylic oxidation sites excluding steroid dienone is 1. The van der Waals surface area contributed by atoms with Crippen molar-refractivity contribution >= 4 is 50.4 Å². The molecule has 51 heavy (non-hydrogen) atoms. The molecule has 0 aliphatic carbocycles. The summed E-state index contributed by atoms with van der Waals surface area (Å²) in [6.45, 7) is 4.57. The first-order valence-corrected chi connectivity index (χ1v) is 17.2. The van der Waals surface area contributed by atoms with Crippen LogP contribution in [0.4, 0.5) is 0 Å². The topological polar surface area (TPSA) is 234 Å². The van der Waals surface area contributed by atoms with E-state index in [1.165, 1.54) is 27.2 Å². The molecule has 18 heteroatoms. The van der Waals surface area contributed by atoms with Crippen LogP contribution in [-0.2, 0) is 52.4 Å². The zero-order chi connectivity index (χ0) is 37.8. The number of methoxy groups -OCH3 is 2. The molecular formula is C33H39N3O14S. The van der Waals surface area contributed by atoms with Crippen LogP contribution in [0.25, 0.3) is 10.8 Å². The van der Waals surface area contributed by atoms with Crippen molar-refractivity contribution in [3.8, 4) is 5.75 Å². The van der Waals surface area contributed by atoms with Gasteiger partial charge in [0.15, 0.2) is 11.9 Å². The lowest BCUT2D eigenvalue weighted by molar-refractivity contribution is -0.148. The van der Waals surface area contributed by atoms with Crippen LogP contribution in [0, 0.1) is 6.92 Å². The third kappa shape index (κ3) is 9.01. The molecule has 2 amide bonds. The van der Waals surface area contributed by atoms with Gasteiger partial charge in [0.05, 0.1) is 51.0 Å². The van der Waals surface area contributed by atoms with Crippen LogP contribution in [0.2, 0.25) is 0 Å². The molecule has 5 atom stereocenters. The van der Waals surface area contributed by atoms with Gasteiger partial charge in [-0.2, -0.15) is 8.42 Å². The average Bonchev–Trinajstić information content (AvgIpc) is 3.87. The Morgan fingerprint density at radius 2 is 1.78 bits per heavy atom. The van der Waals surface area contributed by atoms with Crippen molar-refractivity contribution in [1.29, 1.82) is 0 Å². The minimum absolute atomic E-state index is 0.00370. The van der Waals surface area contributed by atoms with E-state index in [1.54, 1.807) is 18.2 Å². The lowest BCUT2D eigenvalue weighted by Crippen LogP contribution is -2.53. The summed E-state index contributed by atoms with van der Waals surface area (Å²) in [5.74, 6) is -4.40. The van der Waals surface area contributed by atoms with Crippen LogP contribution in [0.3, 0.4) is 0 Å². The lowest BCUT2D eigenvalue weighted by Gasteiger charge is -2.28. The van der Waals surface area contributed by atoms with Gasteiger partial charge >= 0.3 is 11.9 Å². The second-order valence-corrected chi connectivity index (χ2v) is 13.6. The minimum Gasteiger partial charge on any atom is -0.502 e. The van der Waals surface area contributed by atoms with Gasteiger partial charge in [0.25, 0.3) is 21.9 Å². The van der Waals surface area contributed by atoms with E-state index < -0.39 is 87.6 Å². The molecule has 4 rings (SSSR count). The SMILES string of the molecule is CO/C=C(\NC(=O)/C(NC(=O)[C@@](C)(OC(=O)c1cc(OC)cc2c(C)cccc12)[C@@H]1CO1)=C1\N[C@@H](COS(C)(=O)=O)[C@@H](O)[C@@H]1OC(C)=O)C(C)=O. The largest absolute Gasteiger partial charge is 0.502 e. The summed E-state index contributed by atoms with van der Waals surface area (Å²) in [6, 6.07) is 7.21. The number of ketones is 1. The number of aliphatic hydroxyl groups excluding tert-OH is 1. The minimum atomic E-state index is -4.01. The second kappa shape index (κ2) is 15.5. The number of esters is 2. The fraction of sp³-hybridized carbons (Fsp3) is 0.424. The monoisotopic (exact) mass is 733 g/mol. The maximum absolute atomic E-state index is 14.2. The number of fused-ring (bicyclic) bond motifs is 1. The normalized spacial score (nSPS) is 22.2. The Morgan fingerprint density at radius 3 is 2.35 bits per heavy atom. The Hall–Kier alpha value is -5.04. The van der Waals surface area contributed by atoms with Crippen molar-refractivity contribution in [2.75, 3.05) is 33.7 Å². The van der Waals surface area contributed by atoms with Crippen LogP contribution < -0.4 is 20.7 Å². The summed E-state index contributed by atoms with van der Waals surface area (Å²) in [5.41, 5.74) is -2.62. The third-order valence-corrected chi connectivity index (χ3v) is 8.61.